The summed E-state index contributed by atoms with van der Waals surface area (Å²) in [5.74, 6) is 0. The second-order valence-electron chi connectivity index (χ2n) is 8.49. The molecule has 0 saturated carbocycles. The van der Waals surface area contributed by atoms with E-state index in [4.69, 9.17) is 24.0 Å². The van der Waals surface area contributed by atoms with Crippen LogP contribution in [-0.4, -0.2) is 27.9 Å². The van der Waals surface area contributed by atoms with Gasteiger partial charge in [-0.05, 0) is 12.8 Å². The van der Waals surface area contributed by atoms with Crippen LogP contribution in [0.2, 0.25) is 0 Å². The van der Waals surface area contributed by atoms with Crippen LogP contribution in [0.15, 0.2) is 0 Å². The molecule has 0 aliphatic heterocycles. The van der Waals surface area contributed by atoms with Crippen LogP contribution >= 0.6 is 7.82 Å². The van der Waals surface area contributed by atoms with Crippen molar-refractivity contribution in [1.29, 1.82) is 0 Å². The van der Waals surface area contributed by atoms with Crippen LogP contribution in [0.3, 0.4) is 0 Å². The molecule has 0 heterocycles. The molecule has 32 heavy (non-hydrogen) atoms. The molecule has 8 heteroatoms. The molecule has 188 valence electrons. The quantitative estimate of drug-likeness (QED) is 0.113. The van der Waals surface area contributed by atoms with Crippen molar-refractivity contribution in [2.45, 2.75) is 142 Å². The van der Waals surface area contributed by atoms with Crippen molar-refractivity contribution < 1.29 is 130 Å². The smallest absolute Gasteiger partial charge is 1.00 e. The Hall–Kier alpha value is 3.34. The summed E-state index contributed by atoms with van der Waals surface area (Å²) in [6.45, 7) is 6.57. The number of rotatable bonds is 22. The molecule has 0 aromatic rings. The van der Waals surface area contributed by atoms with E-state index in [0.29, 0.717) is 0 Å². The second kappa shape index (κ2) is 36.5. The third kappa shape index (κ3) is 54.3. The maximum Gasteiger partial charge on any atom is 1.00 e. The first-order valence-electron chi connectivity index (χ1n) is 12.8. The van der Waals surface area contributed by atoms with E-state index < -0.39 is 7.82 Å². The first kappa shape index (κ1) is 42.4. The first-order chi connectivity index (χ1) is 14.4. The van der Waals surface area contributed by atoms with Crippen molar-refractivity contribution in [2.75, 3.05) is 13.2 Å². The molecule has 0 aromatic carbocycles. The van der Waals surface area contributed by atoms with Crippen molar-refractivity contribution in [3.05, 3.63) is 0 Å². The van der Waals surface area contributed by atoms with Gasteiger partial charge in [-0.15, -0.1) is 0 Å². The second-order valence-corrected chi connectivity index (χ2v) is 9.52. The fraction of sp³-hybridized carbons (Fsp3) is 1.00. The zero-order valence-electron chi connectivity index (χ0n) is 24.2. The van der Waals surface area contributed by atoms with Crippen LogP contribution < -0.4 is 103 Å². The summed E-state index contributed by atoms with van der Waals surface area (Å²) in [6.07, 6.45) is 28.2. The van der Waals surface area contributed by atoms with Gasteiger partial charge < -0.3 is 22.3 Å². The molecule has 0 atom stereocenters. The average Bonchev–Trinajstić information content (AvgIpc) is 2.68. The molecule has 0 aliphatic carbocycles. The largest absolute Gasteiger partial charge is 1.00 e. The van der Waals surface area contributed by atoms with Gasteiger partial charge in [0.2, 0.25) is 0 Å². The zero-order chi connectivity index (χ0) is 22.8. The molecule has 0 bridgehead atoms. The van der Waals surface area contributed by atoms with E-state index in [2.05, 4.69) is 13.8 Å². The fourth-order valence-corrected chi connectivity index (χ4v) is 3.49. The van der Waals surface area contributed by atoms with Gasteiger partial charge >= 0.3 is 111 Å². The normalized spacial score (nSPS) is 10.7. The van der Waals surface area contributed by atoms with E-state index >= 15 is 0 Å². The number of hydrogen-bond donors (Lipinski definition) is 3. The predicted octanol–water partition coefficient (Wildman–Crippen LogP) is 2.15. The van der Waals surface area contributed by atoms with Crippen molar-refractivity contribution in [2.24, 2.45) is 0 Å². The molecule has 0 amide bonds. The predicted molar refractivity (Wildman–Crippen MR) is 131 cm³/mol. The summed E-state index contributed by atoms with van der Waals surface area (Å²) in [7, 11) is -4.64. The van der Waals surface area contributed by atoms with Gasteiger partial charge in [0.15, 0.2) is 0 Å². The van der Waals surface area contributed by atoms with Gasteiger partial charge in [0.25, 0.3) is 0 Å². The van der Waals surface area contributed by atoms with Crippen LogP contribution in [0.4, 0.5) is 0 Å². The molecule has 0 rings (SSSR count). The van der Waals surface area contributed by atoms with Gasteiger partial charge in [-0.2, -0.15) is 0 Å². The summed E-state index contributed by atoms with van der Waals surface area (Å²) < 4.78 is 14.7. The van der Waals surface area contributed by atoms with Crippen LogP contribution in [0.1, 0.15) is 145 Å². The van der Waals surface area contributed by atoms with Crippen molar-refractivity contribution >= 4 is 7.82 Å². The zero-order valence-corrected chi connectivity index (χ0v) is 29.3. The minimum atomic E-state index is -4.64. The van der Waals surface area contributed by atoms with E-state index in [1.165, 1.54) is 128 Å². The number of phosphoric acid groups is 1. The number of ether oxygens (including phenoxy) is 1. The minimum absolute atomic E-state index is 0. The molecule has 0 aromatic heterocycles. The van der Waals surface area contributed by atoms with E-state index in [9.17, 15) is 0 Å². The third-order valence-electron chi connectivity index (χ3n) is 5.28. The molecule has 0 saturated heterocycles. The van der Waals surface area contributed by atoms with E-state index in [1.807, 2.05) is 0 Å². The summed E-state index contributed by atoms with van der Waals surface area (Å²) in [5.41, 5.74) is 0. The number of hydrogen-bond acceptors (Lipinski definition) is 2. The molecule has 3 N–H and O–H groups in total. The Balaban J connectivity index is -0.000000196. The SMILES string of the molecule is CCCCCCCCCCCCOCCCCCCCCCCCC.O=P(O)(O)O.[H-].[H-].[K+].[K+]. The third-order valence-corrected chi connectivity index (χ3v) is 5.28. The maximum atomic E-state index is 8.88. The Labute approximate surface area is 288 Å². The molecule has 0 fully saturated rings. The molecule has 0 radical (unpaired) electrons. The van der Waals surface area contributed by atoms with E-state index in [1.54, 1.807) is 0 Å². The van der Waals surface area contributed by atoms with Gasteiger partial charge in [-0.1, -0.05) is 129 Å². The first-order valence-corrected chi connectivity index (χ1v) is 14.3. The van der Waals surface area contributed by atoms with Crippen LogP contribution in [0.25, 0.3) is 0 Å². The number of unbranched alkanes of at least 4 members (excludes halogenated alkanes) is 18. The average molecular weight is 533 g/mol. The summed E-state index contributed by atoms with van der Waals surface area (Å²) in [5, 5.41) is 0. The maximum absolute atomic E-state index is 8.88. The minimum Gasteiger partial charge on any atom is -1.00 e. The Kier molecular flexibility index (Phi) is 48.4. The molecule has 0 spiro atoms. The topological polar surface area (TPSA) is 87.0 Å². The molecule has 0 unspecified atom stereocenters. The Morgan fingerprint density at radius 1 is 0.500 bits per heavy atom. The van der Waals surface area contributed by atoms with Crippen molar-refractivity contribution in [1.82, 2.24) is 0 Å². The van der Waals surface area contributed by atoms with Gasteiger partial charge in [-0.3, -0.25) is 0 Å². The molecular formula is C24H55K2O5P. The fourth-order valence-electron chi connectivity index (χ4n) is 3.49. The standard InChI is InChI=1S/C24H50O.2K.H3O4P.2H/c1-3-5-7-9-11-13-15-17-19-21-23-25-24-22-20-18-16-14-12-10-8-6-4-2;;;1-5(2,3)4;;/h3-24H2,1-2H3;;;(H3,1,2,3,4);;/q;2*+1;;2*-1. The molecular weight excluding hydrogens is 477 g/mol. The Morgan fingerprint density at radius 3 is 0.906 bits per heavy atom. The van der Waals surface area contributed by atoms with E-state index in [-0.39, 0.29) is 106 Å². The molecule has 0 aliphatic rings. The van der Waals surface area contributed by atoms with Gasteiger partial charge in [0.05, 0.1) is 0 Å². The van der Waals surface area contributed by atoms with Crippen molar-refractivity contribution in [3.63, 3.8) is 0 Å². The summed E-state index contributed by atoms with van der Waals surface area (Å²) in [4.78, 5) is 21.6. The van der Waals surface area contributed by atoms with Gasteiger partial charge in [0, 0.05) is 13.2 Å². The van der Waals surface area contributed by atoms with Crippen LogP contribution in [0.5, 0.6) is 0 Å². The van der Waals surface area contributed by atoms with Crippen LogP contribution in [0, 0.1) is 0 Å². The van der Waals surface area contributed by atoms with Gasteiger partial charge in [-0.25, -0.2) is 4.57 Å². The molecule has 5 nitrogen and oxygen atoms in total. The van der Waals surface area contributed by atoms with Crippen molar-refractivity contribution in [3.8, 4) is 0 Å². The monoisotopic (exact) mass is 532 g/mol. The Bertz CT molecular complexity index is 338. The van der Waals surface area contributed by atoms with Gasteiger partial charge in [0.1, 0.15) is 0 Å². The van der Waals surface area contributed by atoms with E-state index in [0.717, 1.165) is 13.2 Å². The Morgan fingerprint density at radius 2 is 0.688 bits per heavy atom. The van der Waals surface area contributed by atoms with Crippen LogP contribution in [-0.2, 0) is 9.30 Å². The summed E-state index contributed by atoms with van der Waals surface area (Å²) in [6, 6.07) is 0. The summed E-state index contributed by atoms with van der Waals surface area (Å²) >= 11 is 0.